The molecule has 0 amide bonds. The van der Waals surface area contributed by atoms with Crippen LogP contribution < -0.4 is 4.72 Å². The zero-order valence-electron chi connectivity index (χ0n) is 11.2. The van der Waals surface area contributed by atoms with Gasteiger partial charge in [-0.3, -0.25) is 4.72 Å². The van der Waals surface area contributed by atoms with Crippen LogP contribution in [-0.2, 0) is 16.4 Å². The maximum absolute atomic E-state index is 12.3. The third kappa shape index (κ3) is 2.98. The van der Waals surface area contributed by atoms with Crippen LogP contribution in [0.1, 0.15) is 22.9 Å². The molecule has 3 nitrogen and oxygen atoms in total. The van der Waals surface area contributed by atoms with Gasteiger partial charge in [-0.2, -0.15) is 0 Å². The lowest BCUT2D eigenvalue weighted by Gasteiger charge is -2.11. The van der Waals surface area contributed by atoms with Gasteiger partial charge in [0.05, 0.1) is 5.69 Å². The fraction of sp³-hybridized carbons (Fsp3) is 0.286. The molecule has 1 N–H and O–H groups in total. The summed E-state index contributed by atoms with van der Waals surface area (Å²) in [5, 5.41) is 0. The Hall–Kier alpha value is -1.33. The smallest absolute Gasteiger partial charge is 0.271 e. The first kappa shape index (κ1) is 14.1. The molecule has 1 aromatic carbocycles. The molecule has 0 saturated heterocycles. The number of hydrogen-bond donors (Lipinski definition) is 1. The summed E-state index contributed by atoms with van der Waals surface area (Å²) >= 11 is 1.32. The Kier molecular flexibility index (Phi) is 3.96. The number of aryl methyl sites for hydroxylation is 3. The van der Waals surface area contributed by atoms with E-state index in [-0.39, 0.29) is 0 Å². The Balaban J connectivity index is 2.36. The maximum atomic E-state index is 12.3. The van der Waals surface area contributed by atoms with Gasteiger partial charge in [-0.15, -0.1) is 11.3 Å². The highest BCUT2D eigenvalue weighted by atomic mass is 32.2. The van der Waals surface area contributed by atoms with E-state index in [1.165, 1.54) is 11.3 Å². The molecule has 1 aromatic heterocycles. The average Bonchev–Trinajstić information content (AvgIpc) is 2.83. The number of anilines is 1. The van der Waals surface area contributed by atoms with E-state index in [1.807, 2.05) is 45.0 Å². The summed E-state index contributed by atoms with van der Waals surface area (Å²) < 4.78 is 27.7. The van der Waals surface area contributed by atoms with Gasteiger partial charge in [-0.25, -0.2) is 8.42 Å². The number of para-hydroxylation sites is 1. The van der Waals surface area contributed by atoms with E-state index in [0.29, 0.717) is 9.90 Å². The van der Waals surface area contributed by atoms with E-state index < -0.39 is 10.0 Å². The quantitative estimate of drug-likeness (QED) is 0.934. The molecule has 19 heavy (non-hydrogen) atoms. The zero-order chi connectivity index (χ0) is 14.0. The lowest BCUT2D eigenvalue weighted by Crippen LogP contribution is -2.13. The van der Waals surface area contributed by atoms with Crippen molar-refractivity contribution < 1.29 is 8.42 Å². The summed E-state index contributed by atoms with van der Waals surface area (Å²) in [5.74, 6) is 0. The van der Waals surface area contributed by atoms with Gasteiger partial charge < -0.3 is 0 Å². The molecule has 5 heteroatoms. The molecular formula is C14H17NO2S2. The molecule has 0 aliphatic carbocycles. The van der Waals surface area contributed by atoms with Crippen molar-refractivity contribution in [1.82, 2.24) is 0 Å². The Morgan fingerprint density at radius 2 is 1.74 bits per heavy atom. The topological polar surface area (TPSA) is 46.2 Å². The van der Waals surface area contributed by atoms with Crippen molar-refractivity contribution in [3.05, 3.63) is 46.3 Å². The Bertz CT molecular complexity index is 667. The Labute approximate surface area is 118 Å². The molecule has 102 valence electrons. The van der Waals surface area contributed by atoms with Gasteiger partial charge in [0.25, 0.3) is 10.0 Å². The van der Waals surface area contributed by atoms with E-state index in [0.717, 1.165) is 22.4 Å². The second-order valence-electron chi connectivity index (χ2n) is 4.45. The molecule has 0 aliphatic heterocycles. The molecule has 0 atom stereocenters. The van der Waals surface area contributed by atoms with Crippen molar-refractivity contribution in [2.75, 3.05) is 4.72 Å². The van der Waals surface area contributed by atoms with Crippen LogP contribution in [0.3, 0.4) is 0 Å². The van der Waals surface area contributed by atoms with Gasteiger partial charge in [-0.05, 0) is 43.5 Å². The minimum atomic E-state index is -3.48. The van der Waals surface area contributed by atoms with Gasteiger partial charge in [0.1, 0.15) is 4.21 Å². The molecule has 0 radical (unpaired) electrons. The highest BCUT2D eigenvalue weighted by molar-refractivity contribution is 7.94. The fourth-order valence-corrected chi connectivity index (χ4v) is 4.35. The zero-order valence-corrected chi connectivity index (χ0v) is 12.9. The highest BCUT2D eigenvalue weighted by Gasteiger charge is 2.18. The van der Waals surface area contributed by atoms with Crippen molar-refractivity contribution in [1.29, 1.82) is 0 Å². The molecule has 0 bridgehead atoms. The molecule has 0 aliphatic rings. The molecule has 0 fully saturated rings. The average molecular weight is 295 g/mol. The van der Waals surface area contributed by atoms with Crippen molar-refractivity contribution in [2.45, 2.75) is 31.4 Å². The molecule has 2 aromatic rings. The maximum Gasteiger partial charge on any atom is 0.271 e. The first-order valence-electron chi connectivity index (χ1n) is 6.12. The van der Waals surface area contributed by atoms with Gasteiger partial charge in [0.15, 0.2) is 0 Å². The fourth-order valence-electron chi connectivity index (χ4n) is 1.85. The monoisotopic (exact) mass is 295 g/mol. The number of nitrogens with one attached hydrogen (secondary N) is 1. The van der Waals surface area contributed by atoms with Crippen LogP contribution in [0.2, 0.25) is 0 Å². The van der Waals surface area contributed by atoms with E-state index in [1.54, 1.807) is 6.07 Å². The van der Waals surface area contributed by atoms with Crippen molar-refractivity contribution in [3.8, 4) is 0 Å². The first-order valence-corrected chi connectivity index (χ1v) is 8.41. The Morgan fingerprint density at radius 1 is 1.11 bits per heavy atom. The van der Waals surface area contributed by atoms with Crippen LogP contribution in [0.5, 0.6) is 0 Å². The lowest BCUT2D eigenvalue weighted by molar-refractivity contribution is 0.603. The number of rotatable bonds is 4. The normalized spacial score (nSPS) is 11.5. The molecular weight excluding hydrogens is 278 g/mol. The van der Waals surface area contributed by atoms with Crippen LogP contribution in [0, 0.1) is 13.8 Å². The number of thiophene rings is 1. The predicted octanol–water partition coefficient (Wildman–Crippen LogP) is 3.73. The highest BCUT2D eigenvalue weighted by Crippen LogP contribution is 2.27. The van der Waals surface area contributed by atoms with E-state index in [4.69, 9.17) is 0 Å². The summed E-state index contributed by atoms with van der Waals surface area (Å²) in [5.41, 5.74) is 2.53. The summed E-state index contributed by atoms with van der Waals surface area (Å²) in [4.78, 5) is 1.07. The van der Waals surface area contributed by atoms with Crippen LogP contribution in [0.25, 0.3) is 0 Å². The second-order valence-corrected chi connectivity index (χ2v) is 7.52. The third-order valence-electron chi connectivity index (χ3n) is 2.97. The molecule has 1 heterocycles. The molecule has 0 spiro atoms. The van der Waals surface area contributed by atoms with Crippen molar-refractivity contribution in [3.63, 3.8) is 0 Å². The SMILES string of the molecule is CCc1ccc(S(=O)(=O)Nc2c(C)cccc2C)s1. The number of hydrogen-bond acceptors (Lipinski definition) is 3. The van der Waals surface area contributed by atoms with Crippen molar-refractivity contribution in [2.24, 2.45) is 0 Å². The molecule has 0 unspecified atom stereocenters. The summed E-state index contributed by atoms with van der Waals surface area (Å²) in [6, 6.07) is 9.25. The number of sulfonamides is 1. The Morgan fingerprint density at radius 3 is 2.26 bits per heavy atom. The van der Waals surface area contributed by atoms with Gasteiger partial charge in [-0.1, -0.05) is 25.1 Å². The number of benzene rings is 1. The van der Waals surface area contributed by atoms with Gasteiger partial charge in [0.2, 0.25) is 0 Å². The van der Waals surface area contributed by atoms with E-state index >= 15 is 0 Å². The summed E-state index contributed by atoms with van der Waals surface area (Å²) in [6.07, 6.45) is 0.851. The minimum Gasteiger partial charge on any atom is -0.278 e. The second kappa shape index (κ2) is 5.35. The summed E-state index contributed by atoms with van der Waals surface area (Å²) in [6.45, 7) is 5.81. The largest absolute Gasteiger partial charge is 0.278 e. The van der Waals surface area contributed by atoms with Crippen LogP contribution in [-0.4, -0.2) is 8.42 Å². The van der Waals surface area contributed by atoms with Crippen LogP contribution >= 0.6 is 11.3 Å². The first-order chi connectivity index (χ1) is 8.94. The standard InChI is InChI=1S/C14H17NO2S2/c1-4-12-8-9-13(18-12)19(16,17)15-14-10(2)6-5-7-11(14)3/h5-9,15H,4H2,1-3H3. The van der Waals surface area contributed by atoms with Gasteiger partial charge in [0, 0.05) is 4.88 Å². The lowest BCUT2D eigenvalue weighted by atomic mass is 10.1. The molecule has 2 rings (SSSR count). The summed E-state index contributed by atoms with van der Waals surface area (Å²) in [7, 11) is -3.48. The van der Waals surface area contributed by atoms with E-state index in [9.17, 15) is 8.42 Å². The van der Waals surface area contributed by atoms with Crippen LogP contribution in [0.4, 0.5) is 5.69 Å². The predicted molar refractivity (Wildman–Crippen MR) is 80.4 cm³/mol. The minimum absolute atomic E-state index is 0.368. The van der Waals surface area contributed by atoms with Crippen LogP contribution in [0.15, 0.2) is 34.5 Å². The molecule has 0 saturated carbocycles. The van der Waals surface area contributed by atoms with Crippen molar-refractivity contribution >= 4 is 27.0 Å². The van der Waals surface area contributed by atoms with E-state index in [2.05, 4.69) is 4.72 Å². The van der Waals surface area contributed by atoms with Gasteiger partial charge >= 0.3 is 0 Å². The third-order valence-corrected chi connectivity index (χ3v) is 6.04.